The monoisotopic (exact) mass is 275 g/mol. The van der Waals surface area contributed by atoms with Crippen molar-refractivity contribution in [3.63, 3.8) is 0 Å². The molecule has 0 rings (SSSR count). The van der Waals surface area contributed by atoms with Crippen LogP contribution in [0.5, 0.6) is 0 Å². The fourth-order valence-electron chi connectivity index (χ4n) is 0.122. The van der Waals surface area contributed by atoms with E-state index in [1.165, 1.54) is 0 Å². The van der Waals surface area contributed by atoms with Gasteiger partial charge < -0.3 is 33.0 Å². The van der Waals surface area contributed by atoms with Gasteiger partial charge in [-0.25, -0.2) is 0 Å². The van der Waals surface area contributed by atoms with Gasteiger partial charge >= 0.3 is 132 Å². The Morgan fingerprint density at radius 2 is 1.00 bits per heavy atom. The van der Waals surface area contributed by atoms with E-state index < -0.39 is 15.6 Å². The Balaban J connectivity index is -0.000000107. The number of rotatable bonds is 2. The van der Waals surface area contributed by atoms with Crippen molar-refractivity contribution in [2.75, 3.05) is 0 Å². The van der Waals surface area contributed by atoms with Crippen molar-refractivity contribution in [3.05, 3.63) is 0 Å². The van der Waals surface area contributed by atoms with Crippen molar-refractivity contribution in [2.45, 2.75) is 0 Å². The van der Waals surface area contributed by atoms with Crippen LogP contribution >= 0.6 is 15.6 Å². The number of hydrogen-bond acceptors (Lipinski definition) is 7. The molecule has 0 aliphatic rings. The summed E-state index contributed by atoms with van der Waals surface area (Å²) in [6.07, 6.45) is 0. The molecule has 0 aromatic heterocycles. The Hall–Kier alpha value is 4.53. The summed E-state index contributed by atoms with van der Waals surface area (Å²) in [6.45, 7) is 0. The molecule has 7 nitrogen and oxygen atoms in total. The van der Waals surface area contributed by atoms with Crippen LogP contribution in [0.2, 0.25) is 0 Å². The van der Waals surface area contributed by atoms with Gasteiger partial charge in [0.05, 0.1) is 15.6 Å². The van der Waals surface area contributed by atoms with Gasteiger partial charge in [-0.15, -0.1) is 0 Å². The summed E-state index contributed by atoms with van der Waals surface area (Å²) in [5.41, 5.74) is 0. The zero-order valence-corrected chi connectivity index (χ0v) is 16.8. The average Bonchev–Trinajstić information content (AvgIpc) is 1.14. The topological polar surface area (TPSA) is 136 Å². The van der Waals surface area contributed by atoms with E-state index in [0.717, 1.165) is 0 Å². The molecule has 0 heterocycles. The summed E-state index contributed by atoms with van der Waals surface area (Å²) in [5, 5.41) is 0. The van der Waals surface area contributed by atoms with E-state index >= 15 is 0 Å². The molecule has 0 amide bonds. The molecule has 0 spiro atoms. The van der Waals surface area contributed by atoms with Crippen molar-refractivity contribution >= 4 is 15.6 Å². The molecule has 0 aromatic rings. The molecule has 0 N–H and O–H groups in total. The zero-order valence-electron chi connectivity index (χ0n) is 6.75. The smallest absolute Gasteiger partial charge is 0.790 e. The van der Waals surface area contributed by atoms with Gasteiger partial charge in [-0.1, -0.05) is 0 Å². The number of phosphoric acid groups is 2. The van der Waals surface area contributed by atoms with E-state index in [0.29, 0.717) is 0 Å². The third-order valence-electron chi connectivity index (χ3n) is 0.200. The molecule has 0 radical (unpaired) electrons. The van der Waals surface area contributed by atoms with E-state index in [2.05, 4.69) is 4.31 Å². The minimum absolute atomic E-state index is 0. The largest absolute Gasteiger partial charge is 1.00 e. The fraction of sp³-hybridized carbons (Fsp3) is 0. The van der Waals surface area contributed by atoms with Crippen molar-refractivity contribution in [1.82, 2.24) is 0 Å². The zero-order chi connectivity index (χ0) is 7.71. The van der Waals surface area contributed by atoms with Crippen molar-refractivity contribution in [2.24, 2.45) is 0 Å². The third-order valence-corrected chi connectivity index (χ3v) is 1.80. The van der Waals surface area contributed by atoms with Gasteiger partial charge in [-0.05, 0) is 0 Å². The minimum Gasteiger partial charge on any atom is -0.790 e. The van der Waals surface area contributed by atoms with Crippen molar-refractivity contribution in [3.8, 4) is 0 Å². The summed E-state index contributed by atoms with van der Waals surface area (Å²) < 4.78 is 21.2. The Bertz CT molecular complexity index is 160. The van der Waals surface area contributed by atoms with Crippen LogP contribution in [0.1, 0.15) is 0 Å². The Kier molecular flexibility index (Phi) is 22.6. The first-order valence-electron chi connectivity index (χ1n) is 1.46. The van der Waals surface area contributed by atoms with E-state index in [9.17, 15) is 28.7 Å². The average molecular weight is 275 g/mol. The Morgan fingerprint density at radius 1 is 0.833 bits per heavy atom. The number of hydrogen-bond donors (Lipinski definition) is 0. The first-order valence-corrected chi connectivity index (χ1v) is 4.38. The summed E-state index contributed by atoms with van der Waals surface area (Å²) in [4.78, 5) is 37.3. The van der Waals surface area contributed by atoms with Gasteiger partial charge in [0.15, 0.2) is 0 Å². The van der Waals surface area contributed by atoms with Crippen LogP contribution in [0, 0.1) is 0 Å². The van der Waals surface area contributed by atoms with E-state index in [1.54, 1.807) is 0 Å². The predicted octanol–water partition coefficient (Wildman–Crippen LogP) is -12.3. The first kappa shape index (κ1) is 25.4. The maximum Gasteiger partial charge on any atom is 1.00 e. The molecular weight excluding hydrogens is 275 g/mol. The van der Waals surface area contributed by atoms with Crippen LogP contribution in [-0.4, -0.2) is 0 Å². The molecule has 0 atom stereocenters. The molecule has 0 aromatic carbocycles. The van der Waals surface area contributed by atoms with E-state index in [4.69, 9.17) is 0 Å². The van der Waals surface area contributed by atoms with Crippen LogP contribution in [0.25, 0.3) is 0 Å². The molecule has 12 heavy (non-hydrogen) atoms. The molecule has 0 fully saturated rings. The van der Waals surface area contributed by atoms with Crippen LogP contribution in [0.15, 0.2) is 0 Å². The SMILES string of the molecule is O=P([O-])([O-])OP(=O)([O-])[O-].[K+].[K+].[Na+]. The van der Waals surface area contributed by atoms with Crippen LogP contribution in [0.4, 0.5) is 0 Å². The molecule has 0 saturated heterocycles. The fourth-order valence-corrected chi connectivity index (χ4v) is 1.10. The van der Waals surface area contributed by atoms with Gasteiger partial charge in [0, 0.05) is 0 Å². The Labute approximate surface area is 176 Å². The predicted molar refractivity (Wildman–Crippen MR) is 16.3 cm³/mol. The summed E-state index contributed by atoms with van der Waals surface area (Å²) in [6, 6.07) is 0. The second-order valence-corrected chi connectivity index (χ2v) is 3.42. The second kappa shape index (κ2) is 10.7. The molecule has 0 aliphatic carbocycles. The van der Waals surface area contributed by atoms with Gasteiger partial charge in [-0.2, -0.15) is 0 Å². The summed E-state index contributed by atoms with van der Waals surface area (Å²) in [7, 11) is -11.4. The maximum absolute atomic E-state index is 9.32. The van der Waals surface area contributed by atoms with Crippen molar-refractivity contribution < 1.29 is 165 Å². The standard InChI is InChI=1S/2K.Na.H4O7P2/c;;;1-8(2,3)7-9(4,5)6/h;;;(H2,1,2,3)(H2,4,5,6)/q3*+1;/p-4. The van der Waals surface area contributed by atoms with Crippen molar-refractivity contribution in [1.29, 1.82) is 0 Å². The van der Waals surface area contributed by atoms with Gasteiger partial charge in [-0.3, -0.25) is 0 Å². The second-order valence-electron chi connectivity index (χ2n) is 0.976. The third kappa shape index (κ3) is 24.0. The first-order chi connectivity index (χ1) is 3.71. The Morgan fingerprint density at radius 3 is 1.00 bits per heavy atom. The van der Waals surface area contributed by atoms with E-state index in [-0.39, 0.29) is 132 Å². The molecule has 12 heteroatoms. The molecule has 56 valence electrons. The molecule has 0 unspecified atom stereocenters. The summed E-state index contributed by atoms with van der Waals surface area (Å²) >= 11 is 0. The van der Waals surface area contributed by atoms with Gasteiger partial charge in [0.1, 0.15) is 0 Å². The maximum atomic E-state index is 9.32. The molecule has 0 bridgehead atoms. The van der Waals surface area contributed by atoms with Crippen LogP contribution in [0.3, 0.4) is 0 Å². The normalized spacial score (nSPS) is 10.3. The quantitative estimate of drug-likeness (QED) is 0.360. The van der Waals surface area contributed by atoms with Gasteiger partial charge in [0.25, 0.3) is 0 Å². The van der Waals surface area contributed by atoms with Gasteiger partial charge in [0.2, 0.25) is 0 Å². The molecular formula is K2NaO7P2-. The summed E-state index contributed by atoms with van der Waals surface area (Å²) in [5.74, 6) is 0. The van der Waals surface area contributed by atoms with Crippen LogP contribution in [-0.2, 0) is 13.4 Å². The molecule has 0 aliphatic heterocycles. The van der Waals surface area contributed by atoms with E-state index in [1.807, 2.05) is 0 Å². The van der Waals surface area contributed by atoms with Crippen LogP contribution < -0.4 is 152 Å². The molecule has 0 saturated carbocycles. The minimum atomic E-state index is -5.68.